The fourth-order valence-electron chi connectivity index (χ4n) is 2.51. The molecular formula is C20H19ClN4O2. The van der Waals surface area contributed by atoms with E-state index < -0.39 is 0 Å². The summed E-state index contributed by atoms with van der Waals surface area (Å²) in [4.78, 5) is 20.9. The smallest absolute Gasteiger partial charge is 0.274 e. The highest BCUT2D eigenvalue weighted by Gasteiger charge is 2.12. The summed E-state index contributed by atoms with van der Waals surface area (Å²) >= 11 is 6.13. The van der Waals surface area contributed by atoms with Crippen LogP contribution in [0.25, 0.3) is 0 Å². The van der Waals surface area contributed by atoms with Crippen molar-refractivity contribution in [1.82, 2.24) is 9.97 Å². The fourth-order valence-corrected chi connectivity index (χ4v) is 2.67. The molecule has 0 aliphatic rings. The summed E-state index contributed by atoms with van der Waals surface area (Å²) in [5, 5.41) is 6.51. The van der Waals surface area contributed by atoms with Crippen molar-refractivity contribution in [2.45, 2.75) is 13.8 Å². The van der Waals surface area contributed by atoms with Gasteiger partial charge >= 0.3 is 0 Å². The molecule has 138 valence electrons. The van der Waals surface area contributed by atoms with Gasteiger partial charge in [0.25, 0.3) is 5.91 Å². The van der Waals surface area contributed by atoms with E-state index in [1.807, 2.05) is 44.2 Å². The molecule has 0 fully saturated rings. The van der Waals surface area contributed by atoms with Gasteiger partial charge in [-0.2, -0.15) is 0 Å². The van der Waals surface area contributed by atoms with Gasteiger partial charge in [-0.3, -0.25) is 4.79 Å². The van der Waals surface area contributed by atoms with Crippen LogP contribution in [-0.4, -0.2) is 23.0 Å². The van der Waals surface area contributed by atoms with Crippen LogP contribution in [0.2, 0.25) is 5.02 Å². The molecule has 0 bridgehead atoms. The zero-order valence-electron chi connectivity index (χ0n) is 15.2. The van der Waals surface area contributed by atoms with Gasteiger partial charge in [-0.1, -0.05) is 23.7 Å². The summed E-state index contributed by atoms with van der Waals surface area (Å²) < 4.78 is 5.34. The molecule has 6 nitrogen and oxygen atoms in total. The molecule has 0 atom stereocenters. The first-order valence-electron chi connectivity index (χ1n) is 8.28. The van der Waals surface area contributed by atoms with Gasteiger partial charge < -0.3 is 15.4 Å². The zero-order valence-corrected chi connectivity index (χ0v) is 16.0. The minimum atomic E-state index is -0.315. The van der Waals surface area contributed by atoms with Gasteiger partial charge in [0.15, 0.2) is 0 Å². The van der Waals surface area contributed by atoms with Crippen LogP contribution < -0.4 is 15.4 Å². The van der Waals surface area contributed by atoms with Crippen LogP contribution in [0.5, 0.6) is 5.75 Å². The molecule has 0 aliphatic carbocycles. The number of hydrogen-bond acceptors (Lipinski definition) is 5. The van der Waals surface area contributed by atoms with Crippen LogP contribution in [0.4, 0.5) is 17.3 Å². The highest BCUT2D eigenvalue weighted by Crippen LogP contribution is 2.32. The Morgan fingerprint density at radius 2 is 1.96 bits per heavy atom. The van der Waals surface area contributed by atoms with Crippen LogP contribution in [0.3, 0.4) is 0 Å². The van der Waals surface area contributed by atoms with Crippen molar-refractivity contribution in [2.24, 2.45) is 0 Å². The van der Waals surface area contributed by atoms with E-state index in [2.05, 4.69) is 20.6 Å². The van der Waals surface area contributed by atoms with Crippen molar-refractivity contribution in [3.8, 4) is 5.75 Å². The number of aryl methyl sites for hydroxylation is 2. The average molecular weight is 383 g/mol. The fraction of sp³-hybridized carbons (Fsp3) is 0.150. The standard InChI is InChI=1S/C20H19ClN4O2/c1-12-5-4-6-14(9-12)23-19(26)16-7-8-22-20(24-16)25-17-10-13(2)15(21)11-18(17)27-3/h4-11H,1-3H3,(H,23,26)(H,22,24,25). The van der Waals surface area contributed by atoms with Gasteiger partial charge in [0.1, 0.15) is 11.4 Å². The topological polar surface area (TPSA) is 76.1 Å². The molecule has 3 rings (SSSR count). The number of nitrogens with zero attached hydrogens (tertiary/aromatic N) is 2. The number of rotatable bonds is 5. The van der Waals surface area contributed by atoms with Crippen molar-refractivity contribution in [3.05, 3.63) is 70.5 Å². The molecule has 27 heavy (non-hydrogen) atoms. The number of halogens is 1. The molecular weight excluding hydrogens is 364 g/mol. The maximum absolute atomic E-state index is 12.5. The quantitative estimate of drug-likeness (QED) is 0.665. The van der Waals surface area contributed by atoms with E-state index in [-0.39, 0.29) is 17.5 Å². The first-order chi connectivity index (χ1) is 13.0. The van der Waals surface area contributed by atoms with Crippen LogP contribution in [0.1, 0.15) is 21.6 Å². The number of benzene rings is 2. The number of hydrogen-bond donors (Lipinski definition) is 2. The van der Waals surface area contributed by atoms with E-state index in [4.69, 9.17) is 16.3 Å². The Morgan fingerprint density at radius 1 is 1.15 bits per heavy atom. The predicted molar refractivity (Wildman–Crippen MR) is 107 cm³/mol. The molecule has 1 amide bonds. The number of carbonyl (C=O) groups excluding carboxylic acids is 1. The van der Waals surface area contributed by atoms with Crippen LogP contribution >= 0.6 is 11.6 Å². The molecule has 2 aromatic carbocycles. The summed E-state index contributed by atoms with van der Waals surface area (Å²) in [5.74, 6) is 0.529. The SMILES string of the molecule is COc1cc(Cl)c(C)cc1Nc1nccc(C(=O)Nc2cccc(C)c2)n1. The second kappa shape index (κ2) is 8.05. The Balaban J connectivity index is 1.82. The maximum atomic E-state index is 12.5. The summed E-state index contributed by atoms with van der Waals surface area (Å²) in [5.41, 5.74) is 3.56. The number of anilines is 3. The third-order valence-electron chi connectivity index (χ3n) is 3.89. The third-order valence-corrected chi connectivity index (χ3v) is 4.30. The summed E-state index contributed by atoms with van der Waals surface area (Å²) in [6.07, 6.45) is 1.52. The molecule has 0 radical (unpaired) electrons. The largest absolute Gasteiger partial charge is 0.495 e. The van der Waals surface area contributed by atoms with Gasteiger partial charge in [-0.15, -0.1) is 0 Å². The Kier molecular flexibility index (Phi) is 5.57. The molecule has 0 saturated carbocycles. The second-order valence-corrected chi connectivity index (χ2v) is 6.42. The van der Waals surface area contributed by atoms with Gasteiger partial charge in [0, 0.05) is 23.0 Å². The lowest BCUT2D eigenvalue weighted by atomic mass is 10.2. The van der Waals surface area contributed by atoms with Crippen molar-refractivity contribution in [2.75, 3.05) is 17.7 Å². The number of aromatic nitrogens is 2. The van der Waals surface area contributed by atoms with Gasteiger partial charge in [-0.05, 0) is 49.2 Å². The first-order valence-corrected chi connectivity index (χ1v) is 8.66. The number of carbonyl (C=O) groups is 1. The molecule has 1 heterocycles. The van der Waals surface area contributed by atoms with Crippen LogP contribution in [0, 0.1) is 13.8 Å². The molecule has 0 spiro atoms. The number of methoxy groups -OCH3 is 1. The maximum Gasteiger partial charge on any atom is 0.274 e. The minimum Gasteiger partial charge on any atom is -0.495 e. The van der Waals surface area contributed by atoms with Crippen molar-refractivity contribution in [3.63, 3.8) is 0 Å². The van der Waals surface area contributed by atoms with E-state index in [9.17, 15) is 4.79 Å². The van der Waals surface area contributed by atoms with Gasteiger partial charge in [0.05, 0.1) is 12.8 Å². The lowest BCUT2D eigenvalue weighted by molar-refractivity contribution is 0.102. The zero-order chi connectivity index (χ0) is 19.4. The van der Waals surface area contributed by atoms with Crippen LogP contribution in [-0.2, 0) is 0 Å². The Labute approximate surface area is 162 Å². The van der Waals surface area contributed by atoms with Crippen molar-refractivity contribution in [1.29, 1.82) is 0 Å². The molecule has 2 N–H and O–H groups in total. The molecule has 1 aromatic heterocycles. The Morgan fingerprint density at radius 3 is 2.70 bits per heavy atom. The van der Waals surface area contributed by atoms with Crippen LogP contribution in [0.15, 0.2) is 48.7 Å². The molecule has 0 aliphatic heterocycles. The molecule has 0 saturated heterocycles. The van der Waals surface area contributed by atoms with E-state index >= 15 is 0 Å². The highest BCUT2D eigenvalue weighted by molar-refractivity contribution is 6.31. The van der Waals surface area contributed by atoms with E-state index in [1.54, 1.807) is 19.2 Å². The summed E-state index contributed by atoms with van der Waals surface area (Å²) in [6, 6.07) is 12.7. The highest BCUT2D eigenvalue weighted by atomic mass is 35.5. The normalized spacial score (nSPS) is 10.4. The predicted octanol–water partition coefficient (Wildman–Crippen LogP) is 4.75. The number of ether oxygens (including phenoxy) is 1. The second-order valence-electron chi connectivity index (χ2n) is 6.02. The molecule has 3 aromatic rings. The molecule has 0 unspecified atom stereocenters. The minimum absolute atomic E-state index is 0.249. The first kappa shape index (κ1) is 18.7. The summed E-state index contributed by atoms with van der Waals surface area (Å²) in [6.45, 7) is 3.85. The monoisotopic (exact) mass is 382 g/mol. The Bertz CT molecular complexity index is 991. The van der Waals surface area contributed by atoms with Crippen molar-refractivity contribution >= 4 is 34.8 Å². The molecule has 7 heteroatoms. The lowest BCUT2D eigenvalue weighted by Gasteiger charge is -2.12. The van der Waals surface area contributed by atoms with Crippen molar-refractivity contribution < 1.29 is 9.53 Å². The third kappa shape index (κ3) is 4.54. The Hall–Kier alpha value is -3.12. The lowest BCUT2D eigenvalue weighted by Crippen LogP contribution is -2.15. The van der Waals surface area contributed by atoms with E-state index in [0.717, 1.165) is 11.1 Å². The summed E-state index contributed by atoms with van der Waals surface area (Å²) in [7, 11) is 1.55. The number of nitrogens with one attached hydrogen (secondary N) is 2. The van der Waals surface area contributed by atoms with E-state index in [0.29, 0.717) is 22.1 Å². The number of amides is 1. The van der Waals surface area contributed by atoms with E-state index in [1.165, 1.54) is 6.20 Å². The average Bonchev–Trinajstić information content (AvgIpc) is 2.65. The van der Waals surface area contributed by atoms with Gasteiger partial charge in [0.2, 0.25) is 5.95 Å². The van der Waals surface area contributed by atoms with Gasteiger partial charge in [-0.25, -0.2) is 9.97 Å².